The van der Waals surface area contributed by atoms with E-state index in [2.05, 4.69) is 10.3 Å². The number of carbonyl (C=O) groups is 2. The number of rotatable bonds is 4. The van der Waals surface area contributed by atoms with Gasteiger partial charge >= 0.3 is 0 Å². The number of aromatic nitrogens is 1. The summed E-state index contributed by atoms with van der Waals surface area (Å²) < 4.78 is 5.70. The zero-order chi connectivity index (χ0) is 22.0. The Hall–Kier alpha value is -2.96. The van der Waals surface area contributed by atoms with Crippen molar-refractivity contribution in [3.63, 3.8) is 0 Å². The van der Waals surface area contributed by atoms with Gasteiger partial charge in [-0.3, -0.25) is 9.59 Å². The first-order valence-corrected chi connectivity index (χ1v) is 10.7. The average molecular weight is 438 g/mol. The Morgan fingerprint density at radius 2 is 1.77 bits per heavy atom. The van der Waals surface area contributed by atoms with Crippen molar-refractivity contribution < 1.29 is 14.3 Å². The molecule has 1 N–H and O–H groups in total. The van der Waals surface area contributed by atoms with Crippen molar-refractivity contribution in [2.24, 2.45) is 0 Å². The molecule has 2 aromatic carbocycles. The third-order valence-electron chi connectivity index (χ3n) is 5.29. The number of hydrogen-bond donors (Lipinski definition) is 1. The Morgan fingerprint density at radius 1 is 1.10 bits per heavy atom. The molecule has 2 amide bonds. The Morgan fingerprint density at radius 3 is 2.48 bits per heavy atom. The molecule has 1 aliphatic rings. The number of fused-ring (bicyclic) bond motifs is 1. The van der Waals surface area contributed by atoms with Gasteiger partial charge in [0.15, 0.2) is 0 Å². The van der Waals surface area contributed by atoms with Gasteiger partial charge in [-0.05, 0) is 43.7 Å². The Labute approximate surface area is 186 Å². The molecule has 160 valence electrons. The minimum Gasteiger partial charge on any atom is -0.372 e. The number of amides is 2. The van der Waals surface area contributed by atoms with Crippen LogP contribution in [0.4, 0.5) is 0 Å². The van der Waals surface area contributed by atoms with Crippen molar-refractivity contribution in [2.45, 2.75) is 32.6 Å². The molecule has 0 radical (unpaired) electrons. The van der Waals surface area contributed by atoms with Gasteiger partial charge in [-0.2, -0.15) is 0 Å². The number of halogens is 1. The summed E-state index contributed by atoms with van der Waals surface area (Å²) in [6.07, 6.45) is 0.0555. The van der Waals surface area contributed by atoms with Crippen LogP contribution in [0.2, 0.25) is 5.15 Å². The van der Waals surface area contributed by atoms with Crippen LogP contribution >= 0.6 is 11.6 Å². The minimum absolute atomic E-state index is 0.00418. The highest BCUT2D eigenvalue weighted by Crippen LogP contribution is 2.21. The molecule has 31 heavy (non-hydrogen) atoms. The van der Waals surface area contributed by atoms with Crippen molar-refractivity contribution in [1.29, 1.82) is 0 Å². The van der Waals surface area contributed by atoms with Crippen molar-refractivity contribution in [3.8, 4) is 0 Å². The number of carbonyl (C=O) groups excluding carboxylic acids is 2. The number of ether oxygens (including phenoxy) is 1. The number of hydrogen-bond acceptors (Lipinski definition) is 4. The highest BCUT2D eigenvalue weighted by atomic mass is 35.5. The van der Waals surface area contributed by atoms with Gasteiger partial charge < -0.3 is 15.0 Å². The Kier molecular flexibility index (Phi) is 6.20. The third-order valence-corrected chi connectivity index (χ3v) is 5.48. The van der Waals surface area contributed by atoms with Gasteiger partial charge in [0, 0.05) is 30.6 Å². The highest BCUT2D eigenvalue weighted by molar-refractivity contribution is 6.30. The largest absolute Gasteiger partial charge is 0.372 e. The molecule has 0 spiro atoms. The Bertz CT molecular complexity index is 1110. The van der Waals surface area contributed by atoms with E-state index < -0.39 is 0 Å². The maximum absolute atomic E-state index is 12.8. The van der Waals surface area contributed by atoms with Crippen LogP contribution < -0.4 is 5.32 Å². The molecule has 0 saturated carbocycles. The molecule has 6 nitrogen and oxygen atoms in total. The maximum atomic E-state index is 12.8. The smallest absolute Gasteiger partial charge is 0.254 e. The van der Waals surface area contributed by atoms with E-state index in [1.807, 2.05) is 55.1 Å². The molecule has 2 atom stereocenters. The molecule has 1 saturated heterocycles. The summed E-state index contributed by atoms with van der Waals surface area (Å²) >= 11 is 6.08. The van der Waals surface area contributed by atoms with Gasteiger partial charge in [0.05, 0.1) is 23.3 Å². The first-order valence-electron chi connectivity index (χ1n) is 10.3. The zero-order valence-electron chi connectivity index (χ0n) is 17.5. The minimum atomic E-state index is -0.225. The number of para-hydroxylation sites is 1. The second-order valence-corrected chi connectivity index (χ2v) is 8.24. The van der Waals surface area contributed by atoms with E-state index >= 15 is 0 Å². The van der Waals surface area contributed by atoms with Crippen LogP contribution in [0.3, 0.4) is 0 Å². The molecule has 3 aromatic rings. The molecular weight excluding hydrogens is 414 g/mol. The van der Waals surface area contributed by atoms with Gasteiger partial charge in [-0.15, -0.1) is 0 Å². The van der Waals surface area contributed by atoms with Gasteiger partial charge in [0.1, 0.15) is 5.15 Å². The fourth-order valence-electron chi connectivity index (χ4n) is 3.90. The fourth-order valence-corrected chi connectivity index (χ4v) is 4.10. The van der Waals surface area contributed by atoms with Crippen molar-refractivity contribution in [2.75, 3.05) is 13.1 Å². The number of nitrogens with one attached hydrogen (secondary N) is 1. The predicted molar refractivity (Wildman–Crippen MR) is 120 cm³/mol. The Balaban J connectivity index is 1.42. The van der Waals surface area contributed by atoms with Crippen molar-refractivity contribution >= 4 is 34.3 Å². The topological polar surface area (TPSA) is 71.5 Å². The number of pyridine rings is 1. The van der Waals surface area contributed by atoms with E-state index in [-0.39, 0.29) is 29.2 Å². The van der Waals surface area contributed by atoms with E-state index in [0.717, 1.165) is 10.9 Å². The molecule has 0 aliphatic carbocycles. The number of nitrogens with zero attached hydrogens (tertiary/aromatic N) is 2. The molecular formula is C24H24ClN3O3. The van der Waals surface area contributed by atoms with Crippen molar-refractivity contribution in [3.05, 3.63) is 76.4 Å². The number of benzene rings is 2. The van der Waals surface area contributed by atoms with E-state index in [0.29, 0.717) is 36.3 Å². The zero-order valence-corrected chi connectivity index (χ0v) is 18.2. The lowest BCUT2D eigenvalue weighted by Gasteiger charge is -2.35. The third kappa shape index (κ3) is 4.86. The highest BCUT2D eigenvalue weighted by Gasteiger charge is 2.26. The molecule has 2 heterocycles. The fraction of sp³-hybridized carbons (Fsp3) is 0.292. The summed E-state index contributed by atoms with van der Waals surface area (Å²) in [5.41, 5.74) is 2.69. The second kappa shape index (κ2) is 9.04. The molecule has 1 aromatic heterocycles. The average Bonchev–Trinajstić information content (AvgIpc) is 2.76. The summed E-state index contributed by atoms with van der Waals surface area (Å²) in [5.74, 6) is -0.229. The normalized spacial score (nSPS) is 18.7. The van der Waals surface area contributed by atoms with Gasteiger partial charge in [-0.25, -0.2) is 4.98 Å². The summed E-state index contributed by atoms with van der Waals surface area (Å²) in [5, 5.41) is 3.95. The maximum Gasteiger partial charge on any atom is 0.254 e. The summed E-state index contributed by atoms with van der Waals surface area (Å²) in [4.78, 5) is 31.6. The first kappa shape index (κ1) is 21.3. The predicted octanol–water partition coefficient (Wildman–Crippen LogP) is 4.07. The summed E-state index contributed by atoms with van der Waals surface area (Å²) in [6, 6.07) is 16.3. The monoisotopic (exact) mass is 437 g/mol. The van der Waals surface area contributed by atoms with E-state index in [4.69, 9.17) is 16.3 Å². The lowest BCUT2D eigenvalue weighted by atomic mass is 10.1. The molecule has 0 bridgehead atoms. The quantitative estimate of drug-likeness (QED) is 0.624. The van der Waals surface area contributed by atoms with Gasteiger partial charge in [-0.1, -0.05) is 41.9 Å². The van der Waals surface area contributed by atoms with Crippen LogP contribution in [0.1, 0.15) is 40.1 Å². The molecule has 2 unspecified atom stereocenters. The van der Waals surface area contributed by atoms with Crippen LogP contribution in [-0.2, 0) is 11.3 Å². The van der Waals surface area contributed by atoms with Crippen LogP contribution in [0.5, 0.6) is 0 Å². The molecule has 1 aliphatic heterocycles. The SMILES string of the molecule is CC1CN(C(=O)c2ccc(CNC(=O)c3cc(Cl)nc4ccccc34)cc2)CC(C)O1. The van der Waals surface area contributed by atoms with Crippen LogP contribution in [0, 0.1) is 0 Å². The summed E-state index contributed by atoms with van der Waals surface area (Å²) in [6.45, 7) is 5.46. The lowest BCUT2D eigenvalue weighted by molar-refractivity contribution is -0.0586. The second-order valence-electron chi connectivity index (χ2n) is 7.86. The van der Waals surface area contributed by atoms with Crippen molar-refractivity contribution in [1.82, 2.24) is 15.2 Å². The van der Waals surface area contributed by atoms with E-state index in [9.17, 15) is 9.59 Å². The van der Waals surface area contributed by atoms with Crippen LogP contribution in [0.15, 0.2) is 54.6 Å². The standard InChI is InChI=1S/C24H24ClN3O3/c1-15-13-28(14-16(2)31-15)24(30)18-9-7-17(8-10-18)12-26-23(29)20-11-22(25)27-21-6-4-3-5-19(20)21/h3-11,15-16H,12-14H2,1-2H3,(H,26,29). The van der Waals surface area contributed by atoms with E-state index in [1.165, 1.54) is 0 Å². The summed E-state index contributed by atoms with van der Waals surface area (Å²) in [7, 11) is 0. The lowest BCUT2D eigenvalue weighted by Crippen LogP contribution is -2.48. The molecule has 1 fully saturated rings. The number of morpholine rings is 1. The van der Waals surface area contributed by atoms with Crippen LogP contribution in [0.25, 0.3) is 10.9 Å². The van der Waals surface area contributed by atoms with E-state index in [1.54, 1.807) is 18.2 Å². The van der Waals surface area contributed by atoms with Gasteiger partial charge in [0.2, 0.25) is 0 Å². The van der Waals surface area contributed by atoms with Crippen LogP contribution in [-0.4, -0.2) is 47.0 Å². The first-order chi connectivity index (χ1) is 14.9. The molecule has 7 heteroatoms. The van der Waals surface area contributed by atoms with Gasteiger partial charge in [0.25, 0.3) is 11.8 Å². The molecule has 4 rings (SSSR count).